The fourth-order valence-electron chi connectivity index (χ4n) is 2.82. The quantitative estimate of drug-likeness (QED) is 0.640. The monoisotopic (exact) mass is 293 g/mol. The molecule has 1 heterocycles. The van der Waals surface area contributed by atoms with Crippen molar-refractivity contribution in [2.45, 2.75) is 13.0 Å². The van der Waals surface area contributed by atoms with Gasteiger partial charge in [0.05, 0.1) is 23.0 Å². The summed E-state index contributed by atoms with van der Waals surface area (Å²) in [5, 5.41) is 20.0. The van der Waals surface area contributed by atoms with E-state index in [0.717, 1.165) is 11.3 Å². The first-order chi connectivity index (χ1) is 10.6. The normalized spacial score (nSPS) is 20.1. The maximum absolute atomic E-state index is 10.7. The van der Waals surface area contributed by atoms with Crippen molar-refractivity contribution in [1.82, 2.24) is 0 Å². The van der Waals surface area contributed by atoms with Gasteiger partial charge in [0.2, 0.25) is 0 Å². The van der Waals surface area contributed by atoms with Crippen LogP contribution in [0.4, 0.5) is 11.4 Å². The Hall–Kier alpha value is -2.87. The zero-order chi connectivity index (χ0) is 15.7. The van der Waals surface area contributed by atoms with Crippen LogP contribution >= 0.6 is 0 Å². The first-order valence-electron chi connectivity index (χ1n) is 7.07. The number of aryl methyl sites for hydroxylation is 1. The van der Waals surface area contributed by atoms with Gasteiger partial charge in [0.1, 0.15) is 0 Å². The summed E-state index contributed by atoms with van der Waals surface area (Å²) in [7, 11) is 0. The molecule has 22 heavy (non-hydrogen) atoms. The van der Waals surface area contributed by atoms with Gasteiger partial charge in [-0.1, -0.05) is 29.8 Å². The molecule has 2 aromatic carbocycles. The van der Waals surface area contributed by atoms with Gasteiger partial charge in [-0.2, -0.15) is 5.26 Å². The van der Waals surface area contributed by atoms with Gasteiger partial charge in [0.25, 0.3) is 5.69 Å². The average Bonchev–Trinajstić information content (AvgIpc) is 2.49. The lowest BCUT2D eigenvalue weighted by molar-refractivity contribution is -0.384. The Balaban J connectivity index is 1.89. The van der Waals surface area contributed by atoms with Crippen LogP contribution < -0.4 is 4.90 Å². The SMILES string of the molecule is Cc1ccc(N2C[C@@H](C#N)[C@@H]2c2ccc([N+](=O)[O-])cc2)cc1. The Bertz CT molecular complexity index is 732. The van der Waals surface area contributed by atoms with Crippen molar-refractivity contribution in [3.8, 4) is 6.07 Å². The number of non-ortho nitro benzene ring substituents is 1. The molecule has 0 amide bonds. The molecule has 0 bridgehead atoms. The fraction of sp³-hybridized carbons (Fsp3) is 0.235. The van der Waals surface area contributed by atoms with E-state index in [1.165, 1.54) is 17.7 Å². The second-order valence-electron chi connectivity index (χ2n) is 5.52. The van der Waals surface area contributed by atoms with Crippen molar-refractivity contribution in [1.29, 1.82) is 5.26 Å². The summed E-state index contributed by atoms with van der Waals surface area (Å²) in [6, 6.07) is 16.9. The highest BCUT2D eigenvalue weighted by atomic mass is 16.6. The van der Waals surface area contributed by atoms with Gasteiger partial charge >= 0.3 is 0 Å². The van der Waals surface area contributed by atoms with E-state index in [2.05, 4.69) is 11.0 Å². The Morgan fingerprint density at radius 2 is 1.82 bits per heavy atom. The summed E-state index contributed by atoms with van der Waals surface area (Å²) >= 11 is 0. The van der Waals surface area contributed by atoms with E-state index >= 15 is 0 Å². The van der Waals surface area contributed by atoms with Crippen LogP contribution in [0, 0.1) is 34.3 Å². The number of anilines is 1. The standard InChI is InChI=1S/C17H15N3O2/c1-12-2-6-15(7-3-12)19-11-14(10-18)17(19)13-4-8-16(9-5-13)20(21)22/h2-9,14,17H,11H2,1H3/t14-,17+/m1/s1. The second-order valence-corrected chi connectivity index (χ2v) is 5.52. The maximum atomic E-state index is 10.7. The number of rotatable bonds is 3. The lowest BCUT2D eigenvalue weighted by atomic mass is 9.83. The molecule has 0 radical (unpaired) electrons. The molecule has 0 spiro atoms. The molecular weight excluding hydrogens is 278 g/mol. The molecule has 3 rings (SSSR count). The Kier molecular flexibility index (Phi) is 3.51. The molecule has 1 saturated heterocycles. The van der Waals surface area contributed by atoms with Crippen molar-refractivity contribution < 1.29 is 4.92 Å². The number of nitro groups is 1. The molecule has 0 aromatic heterocycles. The lowest BCUT2D eigenvalue weighted by Crippen LogP contribution is -2.49. The molecule has 0 aliphatic carbocycles. The minimum absolute atomic E-state index is 0.0477. The first-order valence-corrected chi connectivity index (χ1v) is 7.07. The van der Waals surface area contributed by atoms with Gasteiger partial charge in [-0.15, -0.1) is 0 Å². The molecular formula is C17H15N3O2. The summed E-state index contributed by atoms with van der Waals surface area (Å²) in [6.45, 7) is 2.72. The number of hydrogen-bond donors (Lipinski definition) is 0. The number of hydrogen-bond acceptors (Lipinski definition) is 4. The van der Waals surface area contributed by atoms with Gasteiger partial charge in [-0.25, -0.2) is 0 Å². The van der Waals surface area contributed by atoms with Crippen molar-refractivity contribution in [3.05, 3.63) is 69.8 Å². The fourth-order valence-corrected chi connectivity index (χ4v) is 2.82. The minimum Gasteiger partial charge on any atom is -0.362 e. The Morgan fingerprint density at radius 3 is 2.36 bits per heavy atom. The van der Waals surface area contributed by atoms with Gasteiger partial charge in [-0.3, -0.25) is 10.1 Å². The molecule has 1 aliphatic heterocycles. The molecule has 1 aliphatic rings. The van der Waals surface area contributed by atoms with E-state index in [4.69, 9.17) is 0 Å². The summed E-state index contributed by atoms with van der Waals surface area (Å²) in [5.41, 5.74) is 3.26. The average molecular weight is 293 g/mol. The van der Waals surface area contributed by atoms with Crippen LogP contribution in [0.25, 0.3) is 0 Å². The number of nitrogens with zero attached hydrogens (tertiary/aromatic N) is 3. The third-order valence-corrected chi connectivity index (χ3v) is 4.09. The first kappa shape index (κ1) is 14.1. The van der Waals surface area contributed by atoms with E-state index in [1.807, 2.05) is 31.2 Å². The van der Waals surface area contributed by atoms with Crippen LogP contribution in [0.2, 0.25) is 0 Å². The summed E-state index contributed by atoms with van der Waals surface area (Å²) in [4.78, 5) is 12.5. The van der Waals surface area contributed by atoms with Crippen LogP contribution in [0.5, 0.6) is 0 Å². The topological polar surface area (TPSA) is 70.2 Å². The van der Waals surface area contributed by atoms with Gasteiger partial charge in [-0.05, 0) is 24.6 Å². The van der Waals surface area contributed by atoms with Crippen LogP contribution in [0.3, 0.4) is 0 Å². The molecule has 1 fully saturated rings. The van der Waals surface area contributed by atoms with Gasteiger partial charge < -0.3 is 4.90 Å². The predicted octanol–water partition coefficient (Wildman–Crippen LogP) is 3.60. The highest BCUT2D eigenvalue weighted by molar-refractivity contribution is 5.55. The van der Waals surface area contributed by atoms with Crippen LogP contribution in [-0.2, 0) is 0 Å². The van der Waals surface area contributed by atoms with Gasteiger partial charge in [0, 0.05) is 24.4 Å². The number of nitriles is 1. The second kappa shape index (κ2) is 5.49. The highest BCUT2D eigenvalue weighted by Gasteiger charge is 2.40. The molecule has 110 valence electrons. The Morgan fingerprint density at radius 1 is 1.18 bits per heavy atom. The van der Waals surface area contributed by atoms with E-state index < -0.39 is 4.92 Å². The maximum Gasteiger partial charge on any atom is 0.269 e. The molecule has 5 nitrogen and oxygen atoms in total. The molecule has 2 aromatic rings. The largest absolute Gasteiger partial charge is 0.362 e. The van der Waals surface area contributed by atoms with E-state index in [1.54, 1.807) is 12.1 Å². The lowest BCUT2D eigenvalue weighted by Gasteiger charge is -2.47. The van der Waals surface area contributed by atoms with Crippen LogP contribution in [0.1, 0.15) is 17.2 Å². The van der Waals surface area contributed by atoms with Crippen LogP contribution in [0.15, 0.2) is 48.5 Å². The third-order valence-electron chi connectivity index (χ3n) is 4.09. The van der Waals surface area contributed by atoms with Crippen molar-refractivity contribution >= 4 is 11.4 Å². The summed E-state index contributed by atoms with van der Waals surface area (Å²) in [5.74, 6) is -0.0947. The van der Waals surface area contributed by atoms with E-state index in [0.29, 0.717) is 6.54 Å². The zero-order valence-electron chi connectivity index (χ0n) is 12.1. The molecule has 0 unspecified atom stereocenters. The van der Waals surface area contributed by atoms with Crippen LogP contribution in [-0.4, -0.2) is 11.5 Å². The third kappa shape index (κ3) is 2.40. The predicted molar refractivity (Wildman–Crippen MR) is 83.5 cm³/mol. The number of benzene rings is 2. The van der Waals surface area contributed by atoms with E-state index in [9.17, 15) is 15.4 Å². The zero-order valence-corrected chi connectivity index (χ0v) is 12.1. The minimum atomic E-state index is -0.413. The van der Waals surface area contributed by atoms with Crippen molar-refractivity contribution in [2.75, 3.05) is 11.4 Å². The highest BCUT2D eigenvalue weighted by Crippen LogP contribution is 2.42. The van der Waals surface area contributed by atoms with Crippen molar-refractivity contribution in [3.63, 3.8) is 0 Å². The summed E-state index contributed by atoms with van der Waals surface area (Å²) in [6.07, 6.45) is 0. The molecule has 0 N–H and O–H groups in total. The number of nitro benzene ring substituents is 1. The molecule has 2 atom stereocenters. The van der Waals surface area contributed by atoms with Gasteiger partial charge in [0.15, 0.2) is 0 Å². The van der Waals surface area contributed by atoms with E-state index in [-0.39, 0.29) is 17.6 Å². The molecule has 0 saturated carbocycles. The molecule has 5 heteroatoms. The Labute approximate surface area is 128 Å². The smallest absolute Gasteiger partial charge is 0.269 e. The van der Waals surface area contributed by atoms with Crippen molar-refractivity contribution in [2.24, 2.45) is 5.92 Å². The summed E-state index contributed by atoms with van der Waals surface area (Å²) < 4.78 is 0.